The third-order valence-electron chi connectivity index (χ3n) is 3.22. The highest BCUT2D eigenvalue weighted by molar-refractivity contribution is 5.82. The lowest BCUT2D eigenvalue weighted by atomic mass is 10.1. The van der Waals surface area contributed by atoms with Crippen LogP contribution in [0.1, 0.15) is 17.4 Å². The van der Waals surface area contributed by atoms with Crippen molar-refractivity contribution in [3.8, 4) is 0 Å². The summed E-state index contributed by atoms with van der Waals surface area (Å²) in [4.78, 5) is 10.8. The first-order valence-electron chi connectivity index (χ1n) is 6.49. The van der Waals surface area contributed by atoms with Gasteiger partial charge in [-0.1, -0.05) is 18.2 Å². The summed E-state index contributed by atoms with van der Waals surface area (Å²) in [7, 11) is 0. The number of ether oxygens (including phenoxy) is 1. The zero-order valence-electron chi connectivity index (χ0n) is 11.1. The first-order chi connectivity index (χ1) is 10.3. The summed E-state index contributed by atoms with van der Waals surface area (Å²) < 4.78 is 6.78. The van der Waals surface area contributed by atoms with Crippen LogP contribution in [-0.2, 0) is 16.1 Å². The molecule has 108 valence electrons. The molecule has 0 saturated heterocycles. The van der Waals surface area contributed by atoms with Crippen LogP contribution >= 0.6 is 0 Å². The van der Waals surface area contributed by atoms with Crippen molar-refractivity contribution in [3.05, 3.63) is 47.9 Å². The van der Waals surface area contributed by atoms with Crippen LogP contribution in [-0.4, -0.2) is 38.2 Å². The smallest absolute Gasteiger partial charge is 0.294 e. The molecule has 3 aromatic rings. The highest BCUT2D eigenvalue weighted by Crippen LogP contribution is 2.29. The maximum absolute atomic E-state index is 10.8. The summed E-state index contributed by atoms with van der Waals surface area (Å²) in [5.74, 6) is 0. The number of nitrogens with zero attached hydrogens (tertiary/aromatic N) is 3. The van der Waals surface area contributed by atoms with Gasteiger partial charge in [-0.2, -0.15) is 10.2 Å². The molecule has 2 aromatic heterocycles. The number of H-pyrrole nitrogens is 1. The number of nitrogens with one attached hydrogen (secondary N) is 1. The predicted octanol–water partition coefficient (Wildman–Crippen LogP) is 1.01. The fraction of sp³-hybridized carbons (Fsp3) is 0.214. The largest absolute Gasteiger partial charge is 0.453 e. The Kier molecular flexibility index (Phi) is 3.65. The number of aromatic amines is 1. The van der Waals surface area contributed by atoms with Gasteiger partial charge >= 0.3 is 0 Å². The van der Waals surface area contributed by atoms with E-state index in [4.69, 9.17) is 9.84 Å². The average molecular weight is 286 g/mol. The first kappa shape index (κ1) is 13.3. The second-order valence-electron chi connectivity index (χ2n) is 4.53. The molecule has 0 bridgehead atoms. The molecule has 0 fully saturated rings. The summed E-state index contributed by atoms with van der Waals surface area (Å²) in [5.41, 5.74) is 2.20. The van der Waals surface area contributed by atoms with E-state index in [2.05, 4.69) is 15.3 Å². The fourth-order valence-electron chi connectivity index (χ4n) is 2.28. The lowest BCUT2D eigenvalue weighted by Crippen LogP contribution is -2.06. The molecule has 1 atom stereocenters. The summed E-state index contributed by atoms with van der Waals surface area (Å²) in [6.07, 6.45) is 2.70. The van der Waals surface area contributed by atoms with Crippen molar-refractivity contribution in [2.75, 3.05) is 6.61 Å². The molecule has 0 spiro atoms. The molecule has 0 radical (unpaired) electrons. The summed E-state index contributed by atoms with van der Waals surface area (Å²) in [6, 6.07) is 7.61. The molecular formula is C14H14N4O3. The van der Waals surface area contributed by atoms with Gasteiger partial charge in [0.05, 0.1) is 24.9 Å². The second kappa shape index (κ2) is 5.76. The summed E-state index contributed by atoms with van der Waals surface area (Å²) >= 11 is 0. The van der Waals surface area contributed by atoms with E-state index in [1.807, 2.05) is 24.3 Å². The number of para-hydroxylation sites is 1. The van der Waals surface area contributed by atoms with Crippen LogP contribution in [0, 0.1) is 0 Å². The number of rotatable bonds is 6. The maximum Gasteiger partial charge on any atom is 0.294 e. The Balaban J connectivity index is 2.02. The van der Waals surface area contributed by atoms with Crippen molar-refractivity contribution >= 4 is 17.4 Å². The van der Waals surface area contributed by atoms with Crippen LogP contribution < -0.4 is 0 Å². The second-order valence-corrected chi connectivity index (χ2v) is 4.53. The van der Waals surface area contributed by atoms with E-state index in [0.29, 0.717) is 24.3 Å². The number of aliphatic hydroxyl groups is 1. The van der Waals surface area contributed by atoms with Crippen molar-refractivity contribution in [1.29, 1.82) is 0 Å². The third kappa shape index (κ3) is 2.50. The normalized spacial score (nSPS) is 12.4. The molecule has 0 aliphatic carbocycles. The highest BCUT2D eigenvalue weighted by Gasteiger charge is 2.22. The molecular weight excluding hydrogens is 272 g/mol. The number of aromatic nitrogens is 4. The number of carbonyl (C=O) groups excluding carboxylic acids is 1. The van der Waals surface area contributed by atoms with E-state index in [1.54, 1.807) is 17.1 Å². The van der Waals surface area contributed by atoms with Gasteiger partial charge in [0, 0.05) is 17.1 Å². The molecule has 7 nitrogen and oxygen atoms in total. The van der Waals surface area contributed by atoms with Crippen LogP contribution in [0.5, 0.6) is 0 Å². The Labute approximate surface area is 120 Å². The fourth-order valence-corrected chi connectivity index (χ4v) is 2.28. The van der Waals surface area contributed by atoms with Crippen LogP contribution in [0.4, 0.5) is 0 Å². The number of hydrogen-bond donors (Lipinski definition) is 2. The number of carbonyl (C=O) groups is 1. The van der Waals surface area contributed by atoms with Gasteiger partial charge in [-0.05, 0) is 6.07 Å². The molecule has 0 aliphatic rings. The molecule has 7 heteroatoms. The SMILES string of the molecule is O=COC(c1cnn(CCO)c1)c1n[nH]c2ccccc12. The molecule has 2 N–H and O–H groups in total. The minimum Gasteiger partial charge on any atom is -0.453 e. The third-order valence-corrected chi connectivity index (χ3v) is 3.22. The Bertz CT molecular complexity index is 749. The van der Waals surface area contributed by atoms with Crippen molar-refractivity contribution in [1.82, 2.24) is 20.0 Å². The molecule has 1 aromatic carbocycles. The van der Waals surface area contributed by atoms with Gasteiger partial charge in [0.15, 0.2) is 6.10 Å². The average Bonchev–Trinajstić information content (AvgIpc) is 3.12. The number of hydrogen-bond acceptors (Lipinski definition) is 5. The van der Waals surface area contributed by atoms with Gasteiger partial charge in [-0.15, -0.1) is 0 Å². The van der Waals surface area contributed by atoms with Crippen molar-refractivity contribution in [2.24, 2.45) is 0 Å². The van der Waals surface area contributed by atoms with E-state index >= 15 is 0 Å². The minimum absolute atomic E-state index is 0.00827. The molecule has 2 heterocycles. The Morgan fingerprint density at radius 3 is 3.10 bits per heavy atom. The number of benzene rings is 1. The maximum atomic E-state index is 10.8. The molecule has 0 saturated carbocycles. The number of aliphatic hydroxyl groups excluding tert-OH is 1. The monoisotopic (exact) mass is 286 g/mol. The van der Waals surface area contributed by atoms with Gasteiger partial charge in [0.25, 0.3) is 6.47 Å². The standard InChI is InChI=1S/C14H14N4O3/c19-6-5-18-8-10(7-15-18)14(21-9-20)13-11-3-1-2-4-12(11)16-17-13/h1-4,7-9,14,19H,5-6H2,(H,16,17). The molecule has 0 amide bonds. The Morgan fingerprint density at radius 1 is 1.43 bits per heavy atom. The lowest BCUT2D eigenvalue weighted by Gasteiger charge is -2.11. The zero-order chi connectivity index (χ0) is 14.7. The Hall–Kier alpha value is -2.67. The van der Waals surface area contributed by atoms with Gasteiger partial charge in [-0.25, -0.2) is 0 Å². The minimum atomic E-state index is -0.633. The van der Waals surface area contributed by atoms with Crippen LogP contribution in [0.15, 0.2) is 36.7 Å². The summed E-state index contributed by atoms with van der Waals surface area (Å²) in [5, 5.41) is 21.1. The summed E-state index contributed by atoms with van der Waals surface area (Å²) in [6.45, 7) is 0.776. The Morgan fingerprint density at radius 2 is 2.29 bits per heavy atom. The van der Waals surface area contributed by atoms with E-state index in [0.717, 1.165) is 10.9 Å². The molecule has 21 heavy (non-hydrogen) atoms. The lowest BCUT2D eigenvalue weighted by molar-refractivity contribution is -0.132. The van der Waals surface area contributed by atoms with Crippen LogP contribution in [0.3, 0.4) is 0 Å². The van der Waals surface area contributed by atoms with E-state index in [9.17, 15) is 4.79 Å². The highest BCUT2D eigenvalue weighted by atomic mass is 16.5. The zero-order valence-corrected chi connectivity index (χ0v) is 11.1. The first-order valence-corrected chi connectivity index (χ1v) is 6.49. The van der Waals surface area contributed by atoms with Crippen LogP contribution in [0.25, 0.3) is 10.9 Å². The quantitative estimate of drug-likeness (QED) is 0.660. The van der Waals surface area contributed by atoms with Crippen molar-refractivity contribution < 1.29 is 14.6 Å². The predicted molar refractivity (Wildman–Crippen MR) is 74.4 cm³/mol. The van der Waals surface area contributed by atoms with Gasteiger partial charge in [-0.3, -0.25) is 14.6 Å². The van der Waals surface area contributed by atoms with Gasteiger partial charge in [0.1, 0.15) is 5.69 Å². The van der Waals surface area contributed by atoms with Gasteiger partial charge < -0.3 is 9.84 Å². The number of fused-ring (bicyclic) bond motifs is 1. The molecule has 0 aliphatic heterocycles. The van der Waals surface area contributed by atoms with Gasteiger partial charge in [0.2, 0.25) is 0 Å². The molecule has 1 unspecified atom stereocenters. The van der Waals surface area contributed by atoms with Crippen LogP contribution in [0.2, 0.25) is 0 Å². The van der Waals surface area contributed by atoms with E-state index in [-0.39, 0.29) is 6.61 Å². The van der Waals surface area contributed by atoms with E-state index in [1.165, 1.54) is 0 Å². The molecule has 3 rings (SSSR count). The van der Waals surface area contributed by atoms with Crippen molar-refractivity contribution in [2.45, 2.75) is 12.6 Å². The van der Waals surface area contributed by atoms with Crippen molar-refractivity contribution in [3.63, 3.8) is 0 Å². The van der Waals surface area contributed by atoms with E-state index < -0.39 is 6.10 Å². The topological polar surface area (TPSA) is 93.0 Å².